The van der Waals surface area contributed by atoms with Crippen LogP contribution in [0, 0.1) is 0 Å². The lowest BCUT2D eigenvalue weighted by Gasteiger charge is -2.19. The third kappa shape index (κ3) is 3.42. The van der Waals surface area contributed by atoms with Crippen LogP contribution in [-0.4, -0.2) is 29.7 Å². The van der Waals surface area contributed by atoms with Gasteiger partial charge < -0.3 is 9.64 Å². The van der Waals surface area contributed by atoms with Crippen molar-refractivity contribution >= 4 is 40.3 Å². The summed E-state index contributed by atoms with van der Waals surface area (Å²) in [7, 11) is 0. The maximum atomic E-state index is 11.5. The monoisotopic (exact) mass is 298 g/mol. The molecule has 0 spiro atoms. The zero-order valence-corrected chi connectivity index (χ0v) is 12.4. The third-order valence-electron chi connectivity index (χ3n) is 2.58. The number of benzene rings is 1. The third-order valence-corrected chi connectivity index (χ3v) is 3.97. The average molecular weight is 299 g/mol. The Kier molecular flexibility index (Phi) is 4.71. The van der Waals surface area contributed by atoms with Gasteiger partial charge in [-0.3, -0.25) is 0 Å². The van der Waals surface area contributed by atoms with Crippen molar-refractivity contribution in [2.75, 3.05) is 18.1 Å². The van der Waals surface area contributed by atoms with Crippen molar-refractivity contribution in [1.82, 2.24) is 0 Å². The van der Waals surface area contributed by atoms with Gasteiger partial charge in [0.15, 0.2) is 5.17 Å². The molecule has 0 radical (unpaired) electrons. The lowest BCUT2D eigenvalue weighted by atomic mass is 10.3. The van der Waals surface area contributed by atoms with Gasteiger partial charge in [0.1, 0.15) is 0 Å². The number of aliphatic imine (C=N–C) groups is 1. The molecule has 1 fully saturated rings. The van der Waals surface area contributed by atoms with Gasteiger partial charge in [-0.15, -0.1) is 0 Å². The van der Waals surface area contributed by atoms with Gasteiger partial charge in [-0.2, -0.15) is 4.99 Å². The lowest BCUT2D eigenvalue weighted by Crippen LogP contribution is -2.26. The maximum absolute atomic E-state index is 11.5. The fourth-order valence-electron chi connectivity index (χ4n) is 1.81. The number of amidine groups is 1. The highest BCUT2D eigenvalue weighted by atomic mass is 35.5. The molecule has 19 heavy (non-hydrogen) atoms. The molecule has 1 unspecified atom stereocenters. The van der Waals surface area contributed by atoms with E-state index in [0.29, 0.717) is 22.0 Å². The first-order valence-electron chi connectivity index (χ1n) is 6.06. The van der Waals surface area contributed by atoms with Crippen LogP contribution < -0.4 is 4.90 Å². The average Bonchev–Trinajstić information content (AvgIpc) is 2.71. The first-order valence-corrected chi connectivity index (χ1v) is 7.31. The van der Waals surface area contributed by atoms with E-state index in [1.165, 1.54) is 0 Å². The quantitative estimate of drug-likeness (QED) is 0.833. The Hall–Kier alpha value is -1.20. The number of carbonyl (C=O) groups is 1. The number of thioether (sulfide) groups is 1. The number of carbonyl (C=O) groups excluding carboxylic acids is 1. The van der Waals surface area contributed by atoms with Crippen molar-refractivity contribution in [2.45, 2.75) is 19.1 Å². The molecule has 0 aliphatic carbocycles. The van der Waals surface area contributed by atoms with Crippen LogP contribution in [0.25, 0.3) is 0 Å². The molecule has 1 aromatic carbocycles. The number of hydrogen-bond acceptors (Lipinski definition) is 3. The summed E-state index contributed by atoms with van der Waals surface area (Å²) in [6.45, 7) is 4.94. The van der Waals surface area contributed by atoms with Crippen molar-refractivity contribution in [3.63, 3.8) is 0 Å². The number of anilines is 1. The molecular formula is C13H15ClN2O2S. The summed E-state index contributed by atoms with van der Waals surface area (Å²) in [5, 5.41) is 1.64. The first-order chi connectivity index (χ1) is 9.11. The minimum atomic E-state index is -0.559. The second-order valence-electron chi connectivity index (χ2n) is 4.08. The van der Waals surface area contributed by atoms with Gasteiger partial charge in [-0.25, -0.2) is 4.79 Å². The van der Waals surface area contributed by atoms with E-state index in [2.05, 4.69) is 11.9 Å². The summed E-state index contributed by atoms with van der Waals surface area (Å²) in [6, 6.07) is 7.53. The summed E-state index contributed by atoms with van der Waals surface area (Å²) in [5.41, 5.74) is 0.865. The first kappa shape index (κ1) is 14.2. The summed E-state index contributed by atoms with van der Waals surface area (Å²) in [6.07, 6.45) is -0.559. The van der Waals surface area contributed by atoms with Crippen LogP contribution in [0.15, 0.2) is 29.3 Å². The van der Waals surface area contributed by atoms with Gasteiger partial charge in [0.05, 0.1) is 17.3 Å². The fraction of sp³-hybridized carbons (Fsp3) is 0.385. The summed E-state index contributed by atoms with van der Waals surface area (Å²) < 4.78 is 4.85. The Morgan fingerprint density at radius 1 is 1.58 bits per heavy atom. The van der Waals surface area contributed by atoms with Crippen molar-refractivity contribution in [3.8, 4) is 0 Å². The Morgan fingerprint density at radius 2 is 2.32 bits per heavy atom. The second kappa shape index (κ2) is 6.30. The fourth-order valence-corrected chi connectivity index (χ4v) is 3.06. The number of nitrogens with zero attached hydrogens (tertiary/aromatic N) is 2. The normalized spacial score (nSPS) is 20.9. The van der Waals surface area contributed by atoms with E-state index in [1.54, 1.807) is 18.7 Å². The molecule has 0 saturated carbocycles. The predicted molar refractivity (Wildman–Crippen MR) is 80.3 cm³/mol. The molecule has 1 aliphatic rings. The van der Waals surface area contributed by atoms with Crippen molar-refractivity contribution in [3.05, 3.63) is 29.3 Å². The van der Waals surface area contributed by atoms with Gasteiger partial charge in [-0.05, 0) is 19.1 Å². The number of para-hydroxylation sites is 1. The van der Waals surface area contributed by atoms with E-state index in [4.69, 9.17) is 16.3 Å². The second-order valence-corrected chi connectivity index (χ2v) is 5.90. The molecule has 0 bridgehead atoms. The number of rotatable bonds is 2. The van der Waals surface area contributed by atoms with E-state index in [-0.39, 0.29) is 0 Å². The molecule has 0 N–H and O–H groups in total. The van der Waals surface area contributed by atoms with E-state index in [1.807, 2.05) is 29.2 Å². The topological polar surface area (TPSA) is 41.9 Å². The van der Waals surface area contributed by atoms with Crippen LogP contribution in [0.1, 0.15) is 13.8 Å². The maximum Gasteiger partial charge on any atom is 0.436 e. The van der Waals surface area contributed by atoms with E-state index in [0.717, 1.165) is 12.2 Å². The number of halogens is 1. The Balaban J connectivity index is 2.28. The molecule has 1 amide bonds. The summed E-state index contributed by atoms with van der Waals surface area (Å²) in [5.74, 6) is 0. The highest BCUT2D eigenvalue weighted by Gasteiger charge is 2.29. The Bertz CT molecular complexity index is 507. The minimum Gasteiger partial charge on any atom is -0.448 e. The Morgan fingerprint density at radius 3 is 3.00 bits per heavy atom. The molecule has 1 heterocycles. The molecular weight excluding hydrogens is 284 g/mol. The lowest BCUT2D eigenvalue weighted by molar-refractivity contribution is 0.163. The van der Waals surface area contributed by atoms with Crippen molar-refractivity contribution in [2.24, 2.45) is 4.99 Å². The highest BCUT2D eigenvalue weighted by molar-refractivity contribution is 8.15. The molecule has 1 aromatic rings. The summed E-state index contributed by atoms with van der Waals surface area (Å²) in [4.78, 5) is 17.4. The molecule has 0 aromatic heterocycles. The smallest absolute Gasteiger partial charge is 0.436 e. The van der Waals surface area contributed by atoms with Gasteiger partial charge in [-0.1, -0.05) is 42.4 Å². The van der Waals surface area contributed by atoms with Crippen molar-refractivity contribution < 1.29 is 9.53 Å². The molecule has 2 rings (SSSR count). The molecule has 6 heteroatoms. The predicted octanol–water partition coefficient (Wildman–Crippen LogP) is 3.79. The number of ether oxygens (including phenoxy) is 1. The van der Waals surface area contributed by atoms with Crippen LogP contribution in [0.3, 0.4) is 0 Å². The largest absolute Gasteiger partial charge is 0.448 e. The van der Waals surface area contributed by atoms with Crippen LogP contribution in [-0.2, 0) is 4.74 Å². The summed E-state index contributed by atoms with van der Waals surface area (Å²) >= 11 is 7.74. The number of amides is 1. The van der Waals surface area contributed by atoms with E-state index < -0.39 is 6.09 Å². The minimum absolute atomic E-state index is 0.321. The molecule has 1 saturated heterocycles. The van der Waals surface area contributed by atoms with Crippen LogP contribution in [0.4, 0.5) is 10.5 Å². The molecule has 102 valence electrons. The van der Waals surface area contributed by atoms with E-state index in [9.17, 15) is 4.79 Å². The van der Waals surface area contributed by atoms with Crippen LogP contribution >= 0.6 is 23.4 Å². The molecule has 1 atom stereocenters. The van der Waals surface area contributed by atoms with Crippen molar-refractivity contribution in [1.29, 1.82) is 0 Å². The standard InChI is InChI=1S/C13H15ClN2O2S/c1-3-18-13(17)15-12-16(8-9(2)19-12)11-7-5-4-6-10(11)14/h4-7,9H,3,8H2,1-2H3/b15-12-. The highest BCUT2D eigenvalue weighted by Crippen LogP contribution is 2.34. The zero-order valence-electron chi connectivity index (χ0n) is 10.8. The van der Waals surface area contributed by atoms with Crippen LogP contribution in [0.2, 0.25) is 5.02 Å². The van der Waals surface area contributed by atoms with Gasteiger partial charge in [0.25, 0.3) is 0 Å². The van der Waals surface area contributed by atoms with Gasteiger partial charge in [0, 0.05) is 11.8 Å². The van der Waals surface area contributed by atoms with E-state index >= 15 is 0 Å². The zero-order chi connectivity index (χ0) is 13.8. The van der Waals surface area contributed by atoms with Crippen LogP contribution in [0.5, 0.6) is 0 Å². The molecule has 1 aliphatic heterocycles. The van der Waals surface area contributed by atoms with Gasteiger partial charge >= 0.3 is 6.09 Å². The molecule has 4 nitrogen and oxygen atoms in total. The van der Waals surface area contributed by atoms with Gasteiger partial charge in [0.2, 0.25) is 0 Å². The number of hydrogen-bond donors (Lipinski definition) is 0. The SMILES string of the molecule is CCOC(=O)/N=C1\SC(C)CN1c1ccccc1Cl. The Labute approximate surface area is 121 Å².